The van der Waals surface area contributed by atoms with E-state index in [1.807, 2.05) is 37.6 Å². The number of fused-ring (bicyclic) bond motifs is 1. The van der Waals surface area contributed by atoms with E-state index in [-0.39, 0.29) is 11.8 Å². The molecule has 0 atom stereocenters. The molecule has 0 unspecified atom stereocenters. The minimum Gasteiger partial charge on any atom is -0.313 e. The molecule has 7 nitrogen and oxygen atoms in total. The average Bonchev–Trinajstić information content (AvgIpc) is 3.04. The van der Waals surface area contributed by atoms with Gasteiger partial charge in [0.05, 0.1) is 15.9 Å². The largest absolute Gasteiger partial charge is 0.313 e. The minimum atomic E-state index is -3.56. The Balaban J connectivity index is 1.43. The second kappa shape index (κ2) is 8.26. The first-order chi connectivity index (χ1) is 14.7. The summed E-state index contributed by atoms with van der Waals surface area (Å²) in [5, 5.41) is 3.47. The van der Waals surface area contributed by atoms with E-state index >= 15 is 0 Å². The molecule has 1 amide bonds. The fourth-order valence-corrected chi connectivity index (χ4v) is 5.60. The lowest BCUT2D eigenvalue weighted by molar-refractivity contribution is -0.121. The number of nitrogens with one attached hydrogen (secondary N) is 1. The summed E-state index contributed by atoms with van der Waals surface area (Å²) in [6, 6.07) is 10.6. The molecule has 31 heavy (non-hydrogen) atoms. The summed E-state index contributed by atoms with van der Waals surface area (Å²) in [6.07, 6.45) is 0.928. The first-order valence-electron chi connectivity index (χ1n) is 10.2. The van der Waals surface area contributed by atoms with E-state index in [0.717, 1.165) is 16.6 Å². The minimum absolute atomic E-state index is 0.146. The van der Waals surface area contributed by atoms with Gasteiger partial charge in [0.1, 0.15) is 0 Å². The molecule has 0 aliphatic carbocycles. The molecule has 1 fully saturated rings. The number of hydrogen-bond acceptors (Lipinski definition) is 4. The number of hydrogen-bond donors (Lipinski definition) is 1. The van der Waals surface area contributed by atoms with Crippen LogP contribution >= 0.6 is 11.6 Å². The predicted molar refractivity (Wildman–Crippen MR) is 122 cm³/mol. The van der Waals surface area contributed by atoms with Gasteiger partial charge in [0.2, 0.25) is 21.9 Å². The van der Waals surface area contributed by atoms with Crippen molar-refractivity contribution in [3.63, 3.8) is 0 Å². The molecule has 0 saturated carbocycles. The van der Waals surface area contributed by atoms with Gasteiger partial charge in [0.25, 0.3) is 0 Å². The van der Waals surface area contributed by atoms with Gasteiger partial charge in [-0.1, -0.05) is 17.7 Å². The molecule has 2 heterocycles. The van der Waals surface area contributed by atoms with Crippen molar-refractivity contribution >= 4 is 44.5 Å². The molecule has 1 aliphatic rings. The number of anilines is 1. The number of carbonyl (C=O) groups excluding carboxylic acids is 1. The molecule has 1 saturated heterocycles. The summed E-state index contributed by atoms with van der Waals surface area (Å²) in [4.78, 5) is 17.6. The lowest BCUT2D eigenvalue weighted by Gasteiger charge is -2.30. The molecule has 1 aromatic heterocycles. The van der Waals surface area contributed by atoms with Crippen LogP contribution in [-0.4, -0.2) is 41.3 Å². The maximum Gasteiger partial charge on any atom is 0.243 e. The second-order valence-electron chi connectivity index (χ2n) is 8.04. The number of imidazole rings is 1. The Morgan fingerprint density at radius 1 is 1.10 bits per heavy atom. The fourth-order valence-electron chi connectivity index (χ4n) is 3.88. The number of aryl methyl sites for hydroxylation is 3. The summed E-state index contributed by atoms with van der Waals surface area (Å²) in [5.74, 6) is 0.0368. The van der Waals surface area contributed by atoms with E-state index in [9.17, 15) is 13.2 Å². The Labute approximate surface area is 187 Å². The molecule has 0 spiro atoms. The quantitative estimate of drug-likeness (QED) is 0.640. The van der Waals surface area contributed by atoms with Gasteiger partial charge in [-0.15, -0.1) is 0 Å². The zero-order chi connectivity index (χ0) is 22.3. The van der Waals surface area contributed by atoms with E-state index < -0.39 is 10.0 Å². The van der Waals surface area contributed by atoms with E-state index in [2.05, 4.69) is 10.3 Å². The normalized spacial score (nSPS) is 16.0. The third kappa shape index (κ3) is 4.20. The van der Waals surface area contributed by atoms with E-state index in [0.29, 0.717) is 47.3 Å². The smallest absolute Gasteiger partial charge is 0.243 e. The summed E-state index contributed by atoms with van der Waals surface area (Å²) in [7, 11) is -1.73. The Morgan fingerprint density at radius 3 is 2.48 bits per heavy atom. The van der Waals surface area contributed by atoms with Gasteiger partial charge >= 0.3 is 0 Å². The monoisotopic (exact) mass is 460 g/mol. The van der Waals surface area contributed by atoms with Crippen molar-refractivity contribution in [1.29, 1.82) is 0 Å². The number of benzene rings is 2. The van der Waals surface area contributed by atoms with Gasteiger partial charge in [-0.05, 0) is 68.1 Å². The van der Waals surface area contributed by atoms with Gasteiger partial charge in [0.15, 0.2) is 0 Å². The third-order valence-electron chi connectivity index (χ3n) is 6.02. The molecular weight excluding hydrogens is 436 g/mol. The lowest BCUT2D eigenvalue weighted by Crippen LogP contribution is -2.41. The van der Waals surface area contributed by atoms with Gasteiger partial charge < -0.3 is 4.57 Å². The summed E-state index contributed by atoms with van der Waals surface area (Å²) >= 11 is 6.03. The summed E-state index contributed by atoms with van der Waals surface area (Å²) < 4.78 is 29.3. The van der Waals surface area contributed by atoms with Crippen LogP contribution in [0.1, 0.15) is 24.0 Å². The van der Waals surface area contributed by atoms with Crippen molar-refractivity contribution in [2.45, 2.75) is 31.6 Å². The number of piperidine rings is 1. The fraction of sp³-hybridized carbons (Fsp3) is 0.364. The number of rotatable bonds is 4. The number of amides is 1. The van der Waals surface area contributed by atoms with Crippen molar-refractivity contribution in [3.8, 4) is 0 Å². The zero-order valence-electron chi connectivity index (χ0n) is 17.7. The van der Waals surface area contributed by atoms with Crippen LogP contribution in [0.4, 0.5) is 5.95 Å². The molecule has 3 aromatic rings. The molecule has 4 rings (SSSR count). The van der Waals surface area contributed by atoms with Gasteiger partial charge in [0, 0.05) is 31.1 Å². The standard InChI is InChI=1S/C22H25ClN4O3S/c1-14-4-6-18(12-15(14)2)31(29,30)27-10-8-16(9-11-27)21(28)25-22-24-19-13-17(23)5-7-20(19)26(22)3/h4-7,12-13,16H,8-11H2,1-3H3,(H,24,25,28). The van der Waals surface area contributed by atoms with Gasteiger partial charge in [-0.25, -0.2) is 13.4 Å². The maximum absolute atomic E-state index is 13.0. The molecule has 1 aliphatic heterocycles. The first-order valence-corrected chi connectivity index (χ1v) is 12.0. The Hall–Kier alpha value is -2.42. The molecule has 2 aromatic carbocycles. The number of aromatic nitrogens is 2. The van der Waals surface area contributed by atoms with E-state index in [4.69, 9.17) is 11.6 Å². The highest BCUT2D eigenvalue weighted by atomic mass is 35.5. The molecule has 0 radical (unpaired) electrons. The van der Waals surface area contributed by atoms with Crippen LogP contribution in [0.15, 0.2) is 41.3 Å². The number of halogens is 1. The molecular formula is C22H25ClN4O3S. The molecule has 164 valence electrons. The van der Waals surface area contributed by atoms with Crippen molar-refractivity contribution in [2.24, 2.45) is 13.0 Å². The third-order valence-corrected chi connectivity index (χ3v) is 8.15. The number of sulfonamides is 1. The Morgan fingerprint density at radius 2 is 1.81 bits per heavy atom. The van der Waals surface area contributed by atoms with Gasteiger partial charge in [-0.3, -0.25) is 10.1 Å². The van der Waals surface area contributed by atoms with Crippen molar-refractivity contribution in [3.05, 3.63) is 52.5 Å². The van der Waals surface area contributed by atoms with Crippen molar-refractivity contribution < 1.29 is 13.2 Å². The lowest BCUT2D eigenvalue weighted by atomic mass is 9.97. The molecule has 1 N–H and O–H groups in total. The molecule has 9 heteroatoms. The van der Waals surface area contributed by atoms with Crippen LogP contribution in [0, 0.1) is 19.8 Å². The number of carbonyl (C=O) groups is 1. The predicted octanol–water partition coefficient (Wildman–Crippen LogP) is 3.88. The van der Waals surface area contributed by atoms with Crippen LogP contribution in [-0.2, 0) is 21.9 Å². The summed E-state index contributed by atoms with van der Waals surface area (Å²) in [6.45, 7) is 4.48. The Kier molecular flexibility index (Phi) is 5.81. The van der Waals surface area contributed by atoms with Gasteiger partial charge in [-0.2, -0.15) is 4.31 Å². The highest BCUT2D eigenvalue weighted by Crippen LogP contribution is 2.27. The van der Waals surface area contributed by atoms with Crippen LogP contribution in [0.5, 0.6) is 0 Å². The van der Waals surface area contributed by atoms with Crippen molar-refractivity contribution in [2.75, 3.05) is 18.4 Å². The van der Waals surface area contributed by atoms with Crippen LogP contribution in [0.25, 0.3) is 11.0 Å². The van der Waals surface area contributed by atoms with Crippen LogP contribution < -0.4 is 5.32 Å². The SMILES string of the molecule is Cc1ccc(S(=O)(=O)N2CCC(C(=O)Nc3nc4cc(Cl)ccc4n3C)CC2)cc1C. The zero-order valence-corrected chi connectivity index (χ0v) is 19.3. The van der Waals surface area contributed by atoms with E-state index in [1.54, 1.807) is 24.3 Å². The number of nitrogens with zero attached hydrogens (tertiary/aromatic N) is 3. The Bertz CT molecular complexity index is 1260. The van der Waals surface area contributed by atoms with Crippen LogP contribution in [0.2, 0.25) is 5.02 Å². The van der Waals surface area contributed by atoms with Crippen molar-refractivity contribution in [1.82, 2.24) is 13.9 Å². The second-order valence-corrected chi connectivity index (χ2v) is 10.4. The average molecular weight is 461 g/mol. The molecule has 0 bridgehead atoms. The van der Waals surface area contributed by atoms with Crippen LogP contribution in [0.3, 0.4) is 0 Å². The van der Waals surface area contributed by atoms with E-state index in [1.165, 1.54) is 4.31 Å². The first kappa shape index (κ1) is 21.8. The maximum atomic E-state index is 13.0. The summed E-state index contributed by atoms with van der Waals surface area (Å²) in [5.41, 5.74) is 3.58. The topological polar surface area (TPSA) is 84.3 Å². The highest BCUT2D eigenvalue weighted by Gasteiger charge is 2.32. The highest BCUT2D eigenvalue weighted by molar-refractivity contribution is 7.89.